The molecule has 0 saturated heterocycles. The summed E-state index contributed by atoms with van der Waals surface area (Å²) in [6.07, 6.45) is 0. The first kappa shape index (κ1) is 15.8. The lowest BCUT2D eigenvalue weighted by molar-refractivity contribution is 0.318. The van der Waals surface area contributed by atoms with Crippen molar-refractivity contribution in [3.63, 3.8) is 0 Å². The number of hydrogen-bond donors (Lipinski definition) is 3. The quantitative estimate of drug-likeness (QED) is 0.233. The van der Waals surface area contributed by atoms with E-state index in [1.165, 1.54) is 0 Å². The molecule has 0 atom stereocenters. The highest BCUT2D eigenvalue weighted by molar-refractivity contribution is 6.31. The predicted octanol–water partition coefficient (Wildman–Crippen LogP) is 1.48. The van der Waals surface area contributed by atoms with E-state index in [1.807, 2.05) is 6.07 Å². The minimum absolute atomic E-state index is 0.0611. The molecule has 0 fully saturated rings. The lowest BCUT2D eigenvalue weighted by Crippen LogP contribution is -2.28. The van der Waals surface area contributed by atoms with Gasteiger partial charge in [0.2, 0.25) is 0 Å². The van der Waals surface area contributed by atoms with Crippen LogP contribution < -0.4 is 11.1 Å². The van der Waals surface area contributed by atoms with Gasteiger partial charge in [0.15, 0.2) is 5.84 Å². The third kappa shape index (κ3) is 5.06. The number of oxime groups is 1. The second-order valence-corrected chi connectivity index (χ2v) is 4.77. The fourth-order valence-electron chi connectivity index (χ4n) is 1.56. The van der Waals surface area contributed by atoms with Crippen molar-refractivity contribution in [1.29, 1.82) is 0 Å². The van der Waals surface area contributed by atoms with E-state index in [2.05, 4.69) is 29.3 Å². The molecule has 19 heavy (non-hydrogen) atoms. The van der Waals surface area contributed by atoms with E-state index in [-0.39, 0.29) is 5.84 Å². The molecule has 4 N–H and O–H groups in total. The molecule has 0 spiro atoms. The molecule has 0 aliphatic carbocycles. The zero-order chi connectivity index (χ0) is 14.3. The Morgan fingerprint density at radius 2 is 2.26 bits per heavy atom. The van der Waals surface area contributed by atoms with Crippen LogP contribution in [0.2, 0.25) is 5.02 Å². The van der Waals surface area contributed by atoms with Gasteiger partial charge in [0.1, 0.15) is 0 Å². The van der Waals surface area contributed by atoms with Gasteiger partial charge in [-0.05, 0) is 25.2 Å². The van der Waals surface area contributed by atoms with Crippen molar-refractivity contribution >= 4 is 17.4 Å². The van der Waals surface area contributed by atoms with Gasteiger partial charge in [0.25, 0.3) is 0 Å². The van der Waals surface area contributed by atoms with E-state index in [0.717, 1.165) is 25.2 Å². The van der Waals surface area contributed by atoms with Gasteiger partial charge in [-0.3, -0.25) is 0 Å². The summed E-state index contributed by atoms with van der Waals surface area (Å²) in [5.74, 6) is 0.0611. The Labute approximate surface area is 119 Å². The van der Waals surface area contributed by atoms with Crippen molar-refractivity contribution in [2.75, 3.05) is 26.7 Å². The summed E-state index contributed by atoms with van der Waals surface area (Å²) in [4.78, 5) is 2.23. The second kappa shape index (κ2) is 7.99. The Kier molecular flexibility index (Phi) is 6.62. The molecule has 0 heterocycles. The highest BCUT2D eigenvalue weighted by Crippen LogP contribution is 2.17. The van der Waals surface area contributed by atoms with Gasteiger partial charge in [-0.2, -0.15) is 0 Å². The number of nitrogens with one attached hydrogen (secondary N) is 1. The van der Waals surface area contributed by atoms with Gasteiger partial charge in [-0.15, -0.1) is 0 Å². The van der Waals surface area contributed by atoms with E-state index >= 15 is 0 Å². The van der Waals surface area contributed by atoms with E-state index in [1.54, 1.807) is 12.1 Å². The minimum atomic E-state index is 0.0611. The van der Waals surface area contributed by atoms with E-state index in [0.29, 0.717) is 17.1 Å². The maximum Gasteiger partial charge on any atom is 0.170 e. The van der Waals surface area contributed by atoms with E-state index in [9.17, 15) is 0 Å². The van der Waals surface area contributed by atoms with Crippen LogP contribution in [0.5, 0.6) is 0 Å². The molecule has 0 amide bonds. The van der Waals surface area contributed by atoms with Crippen molar-refractivity contribution in [2.24, 2.45) is 10.9 Å². The van der Waals surface area contributed by atoms with Crippen molar-refractivity contribution in [1.82, 2.24) is 10.2 Å². The van der Waals surface area contributed by atoms with E-state index in [4.69, 9.17) is 22.5 Å². The smallest absolute Gasteiger partial charge is 0.170 e. The number of rotatable bonds is 7. The van der Waals surface area contributed by atoms with Crippen LogP contribution >= 0.6 is 11.6 Å². The third-order valence-electron chi connectivity index (χ3n) is 2.98. The molecule has 0 aromatic heterocycles. The number of hydrogen-bond acceptors (Lipinski definition) is 4. The molecule has 6 heteroatoms. The van der Waals surface area contributed by atoms with Gasteiger partial charge in [-0.25, -0.2) is 0 Å². The zero-order valence-electron chi connectivity index (χ0n) is 11.4. The summed E-state index contributed by atoms with van der Waals surface area (Å²) in [6.45, 7) is 5.77. The largest absolute Gasteiger partial charge is 0.409 e. The topological polar surface area (TPSA) is 73.9 Å². The van der Waals surface area contributed by atoms with Gasteiger partial charge >= 0.3 is 0 Å². The Balaban J connectivity index is 2.51. The third-order valence-corrected chi connectivity index (χ3v) is 3.33. The van der Waals surface area contributed by atoms with Gasteiger partial charge < -0.3 is 21.2 Å². The second-order valence-electron chi connectivity index (χ2n) is 4.36. The van der Waals surface area contributed by atoms with Gasteiger partial charge in [-0.1, -0.05) is 35.8 Å². The maximum absolute atomic E-state index is 8.60. The van der Waals surface area contributed by atoms with Crippen molar-refractivity contribution < 1.29 is 5.21 Å². The summed E-state index contributed by atoms with van der Waals surface area (Å²) in [6, 6.07) is 5.37. The van der Waals surface area contributed by atoms with Crippen molar-refractivity contribution in [3.8, 4) is 0 Å². The summed E-state index contributed by atoms with van der Waals surface area (Å²) in [5, 5.41) is 15.5. The van der Waals surface area contributed by atoms with Crippen LogP contribution in [0.1, 0.15) is 18.1 Å². The number of benzene rings is 1. The first-order valence-corrected chi connectivity index (χ1v) is 6.61. The molecule has 0 saturated carbocycles. The summed E-state index contributed by atoms with van der Waals surface area (Å²) >= 11 is 6.16. The van der Waals surface area contributed by atoms with E-state index < -0.39 is 0 Å². The van der Waals surface area contributed by atoms with Crippen LogP contribution in [0.3, 0.4) is 0 Å². The first-order valence-electron chi connectivity index (χ1n) is 6.24. The fourth-order valence-corrected chi connectivity index (χ4v) is 1.81. The Bertz CT molecular complexity index is 437. The van der Waals surface area contributed by atoms with Crippen molar-refractivity contribution in [2.45, 2.75) is 13.5 Å². The molecular weight excluding hydrogens is 264 g/mol. The maximum atomic E-state index is 8.60. The predicted molar refractivity (Wildman–Crippen MR) is 78.8 cm³/mol. The molecule has 5 nitrogen and oxygen atoms in total. The minimum Gasteiger partial charge on any atom is -0.409 e. The number of likely N-dealkylation sites (N-methyl/N-ethyl adjacent to an activating group) is 1. The molecule has 0 aliphatic heterocycles. The van der Waals surface area contributed by atoms with Crippen LogP contribution in [0.15, 0.2) is 23.4 Å². The molecule has 106 valence electrons. The van der Waals surface area contributed by atoms with Crippen LogP contribution in [-0.4, -0.2) is 42.6 Å². The van der Waals surface area contributed by atoms with Crippen LogP contribution in [0.4, 0.5) is 0 Å². The number of amidine groups is 1. The summed E-state index contributed by atoms with van der Waals surface area (Å²) in [5.41, 5.74) is 7.11. The lowest BCUT2D eigenvalue weighted by Gasteiger charge is -2.14. The summed E-state index contributed by atoms with van der Waals surface area (Å²) in [7, 11) is 2.08. The molecule has 0 radical (unpaired) electrons. The number of nitrogens with two attached hydrogens (primary N) is 1. The molecule has 0 aliphatic rings. The lowest BCUT2D eigenvalue weighted by atomic mass is 10.1. The fraction of sp³-hybridized carbons (Fsp3) is 0.462. The van der Waals surface area contributed by atoms with Gasteiger partial charge in [0, 0.05) is 30.2 Å². The molecule has 1 aromatic carbocycles. The van der Waals surface area contributed by atoms with Crippen LogP contribution in [0.25, 0.3) is 0 Å². The highest BCUT2D eigenvalue weighted by atomic mass is 35.5. The average Bonchev–Trinajstić information content (AvgIpc) is 2.43. The van der Waals surface area contributed by atoms with Crippen LogP contribution in [0, 0.1) is 0 Å². The SMILES string of the molecule is CCN(C)CCNCc1ccc(/C(N)=N/O)cc1Cl. The monoisotopic (exact) mass is 284 g/mol. The molecule has 0 unspecified atom stereocenters. The van der Waals surface area contributed by atoms with Crippen LogP contribution in [-0.2, 0) is 6.54 Å². The Morgan fingerprint density at radius 1 is 1.53 bits per heavy atom. The standard InChI is InChI=1S/C13H21ClN4O/c1-3-18(2)7-6-16-9-11-5-4-10(8-12(11)14)13(15)17-19/h4-5,8,16,19H,3,6-7,9H2,1-2H3,(H2,15,17). The average molecular weight is 285 g/mol. The molecule has 1 aromatic rings. The number of halogens is 1. The zero-order valence-corrected chi connectivity index (χ0v) is 12.1. The normalized spacial score (nSPS) is 12.1. The van der Waals surface area contributed by atoms with Gasteiger partial charge in [0.05, 0.1) is 0 Å². The Morgan fingerprint density at radius 3 is 2.84 bits per heavy atom. The molecular formula is C13H21ClN4O. The molecule has 0 bridgehead atoms. The Hall–Kier alpha value is -1.30. The first-order chi connectivity index (χ1) is 9.08. The number of nitrogens with zero attached hydrogens (tertiary/aromatic N) is 2. The summed E-state index contributed by atoms with van der Waals surface area (Å²) < 4.78 is 0. The molecule has 1 rings (SSSR count). The highest BCUT2D eigenvalue weighted by Gasteiger charge is 2.05. The van der Waals surface area contributed by atoms with Crippen molar-refractivity contribution in [3.05, 3.63) is 34.3 Å².